The minimum absolute atomic E-state index is 0.0125. The molecule has 2 nitrogen and oxygen atoms in total. The Balaban J connectivity index is 2.87. The van der Waals surface area contributed by atoms with Gasteiger partial charge in [0.25, 0.3) is 0 Å². The molecular formula is C11H21NO. The van der Waals surface area contributed by atoms with E-state index in [1.165, 1.54) is 0 Å². The average molecular weight is 183 g/mol. The maximum absolute atomic E-state index is 11.5. The summed E-state index contributed by atoms with van der Waals surface area (Å²) in [5, 5.41) is 0. The monoisotopic (exact) mass is 183 g/mol. The zero-order valence-corrected chi connectivity index (χ0v) is 9.48. The highest BCUT2D eigenvalue weighted by Gasteiger charge is 2.52. The highest BCUT2D eigenvalue weighted by Crippen LogP contribution is 2.42. The molecule has 0 atom stereocenters. The van der Waals surface area contributed by atoms with E-state index in [-0.39, 0.29) is 11.1 Å². The van der Waals surface area contributed by atoms with Gasteiger partial charge in [-0.05, 0) is 33.6 Å². The van der Waals surface area contributed by atoms with Gasteiger partial charge in [-0.25, -0.2) is 0 Å². The molecule has 0 aromatic carbocycles. The van der Waals surface area contributed by atoms with Crippen molar-refractivity contribution in [2.75, 3.05) is 0 Å². The third-order valence-corrected chi connectivity index (χ3v) is 3.19. The van der Waals surface area contributed by atoms with E-state index in [0.717, 1.165) is 19.3 Å². The Bertz CT molecular complexity index is 211. The Morgan fingerprint density at radius 3 is 1.92 bits per heavy atom. The smallest absolute Gasteiger partial charge is 0.225 e. The van der Waals surface area contributed by atoms with Gasteiger partial charge in [-0.15, -0.1) is 0 Å². The van der Waals surface area contributed by atoms with Crippen LogP contribution in [0.4, 0.5) is 0 Å². The van der Waals surface area contributed by atoms with Crippen molar-refractivity contribution in [3.05, 3.63) is 0 Å². The number of likely N-dealkylation sites (tertiary alicyclic amines) is 1. The van der Waals surface area contributed by atoms with E-state index in [4.69, 9.17) is 0 Å². The summed E-state index contributed by atoms with van der Waals surface area (Å²) < 4.78 is 0. The van der Waals surface area contributed by atoms with Crippen LogP contribution in [0.1, 0.15) is 53.9 Å². The van der Waals surface area contributed by atoms with Crippen molar-refractivity contribution >= 4 is 5.91 Å². The molecule has 0 aliphatic carbocycles. The Morgan fingerprint density at radius 2 is 1.77 bits per heavy atom. The first kappa shape index (κ1) is 10.6. The number of hydrogen-bond acceptors (Lipinski definition) is 1. The van der Waals surface area contributed by atoms with Crippen LogP contribution in [0.25, 0.3) is 0 Å². The molecule has 0 saturated carbocycles. The van der Waals surface area contributed by atoms with Crippen LogP contribution in [0, 0.1) is 0 Å². The van der Waals surface area contributed by atoms with E-state index in [2.05, 4.69) is 39.5 Å². The Labute approximate surface area is 81.3 Å². The molecule has 0 aromatic rings. The largest absolute Gasteiger partial charge is 0.332 e. The lowest BCUT2D eigenvalue weighted by molar-refractivity contribution is -0.169. The average Bonchev–Trinajstić information content (AvgIpc) is 1.95. The normalized spacial score (nSPS) is 21.6. The van der Waals surface area contributed by atoms with Gasteiger partial charge < -0.3 is 4.90 Å². The third-order valence-electron chi connectivity index (χ3n) is 3.19. The van der Waals surface area contributed by atoms with Crippen LogP contribution >= 0.6 is 0 Å². The first-order valence-corrected chi connectivity index (χ1v) is 5.20. The lowest BCUT2D eigenvalue weighted by Crippen LogP contribution is -2.69. The summed E-state index contributed by atoms with van der Waals surface area (Å²) in [5.74, 6) is 0.316. The first-order chi connectivity index (χ1) is 5.87. The van der Waals surface area contributed by atoms with Crippen molar-refractivity contribution in [3.63, 3.8) is 0 Å². The van der Waals surface area contributed by atoms with Crippen LogP contribution in [0.2, 0.25) is 0 Å². The maximum Gasteiger partial charge on any atom is 0.225 e. The zero-order valence-electron chi connectivity index (χ0n) is 9.48. The van der Waals surface area contributed by atoms with E-state index < -0.39 is 0 Å². The molecule has 0 N–H and O–H groups in total. The predicted octanol–water partition coefficient (Wildman–Crippen LogP) is 2.58. The van der Waals surface area contributed by atoms with Crippen molar-refractivity contribution in [3.8, 4) is 0 Å². The summed E-state index contributed by atoms with van der Waals surface area (Å²) in [4.78, 5) is 13.6. The van der Waals surface area contributed by atoms with Gasteiger partial charge in [-0.2, -0.15) is 0 Å². The molecular weight excluding hydrogens is 162 g/mol. The van der Waals surface area contributed by atoms with Crippen molar-refractivity contribution in [1.82, 2.24) is 4.90 Å². The van der Waals surface area contributed by atoms with Crippen molar-refractivity contribution in [2.45, 2.75) is 65.0 Å². The molecule has 0 radical (unpaired) electrons. The second-order valence-electron chi connectivity index (χ2n) is 5.01. The van der Waals surface area contributed by atoms with Crippen molar-refractivity contribution in [1.29, 1.82) is 0 Å². The van der Waals surface area contributed by atoms with Crippen molar-refractivity contribution < 1.29 is 4.79 Å². The molecule has 1 heterocycles. The number of carbonyl (C=O) groups is 1. The molecule has 0 unspecified atom stereocenters. The van der Waals surface area contributed by atoms with Crippen LogP contribution in [0.5, 0.6) is 0 Å². The SMILES string of the molecule is CCC1(CC)CC(=O)N1C(C)(C)C. The zero-order chi connectivity index (χ0) is 10.3. The third kappa shape index (κ3) is 1.47. The highest BCUT2D eigenvalue weighted by molar-refractivity contribution is 5.85. The lowest BCUT2D eigenvalue weighted by Gasteiger charge is -2.58. The Hall–Kier alpha value is -0.530. The van der Waals surface area contributed by atoms with Gasteiger partial charge in [0.2, 0.25) is 5.91 Å². The predicted molar refractivity (Wildman–Crippen MR) is 54.5 cm³/mol. The molecule has 0 aromatic heterocycles. The second-order valence-corrected chi connectivity index (χ2v) is 5.01. The van der Waals surface area contributed by atoms with Crippen LogP contribution in [0.3, 0.4) is 0 Å². The summed E-state index contributed by atoms with van der Waals surface area (Å²) in [6.07, 6.45) is 2.90. The minimum atomic E-state index is -0.0125. The summed E-state index contributed by atoms with van der Waals surface area (Å²) in [7, 11) is 0. The molecule has 1 aliphatic heterocycles. The molecule has 1 amide bonds. The lowest BCUT2D eigenvalue weighted by atomic mass is 9.75. The van der Waals surface area contributed by atoms with E-state index in [9.17, 15) is 4.79 Å². The van der Waals surface area contributed by atoms with E-state index in [1.54, 1.807) is 0 Å². The van der Waals surface area contributed by atoms with Gasteiger partial charge in [0, 0.05) is 5.54 Å². The molecule has 2 heteroatoms. The number of hydrogen-bond donors (Lipinski definition) is 0. The fraction of sp³-hybridized carbons (Fsp3) is 0.909. The molecule has 1 saturated heterocycles. The van der Waals surface area contributed by atoms with Gasteiger partial charge in [-0.3, -0.25) is 4.79 Å². The summed E-state index contributed by atoms with van der Waals surface area (Å²) in [5.41, 5.74) is 0.149. The minimum Gasteiger partial charge on any atom is -0.332 e. The summed E-state index contributed by atoms with van der Waals surface area (Å²) in [6.45, 7) is 10.7. The second kappa shape index (κ2) is 3.00. The first-order valence-electron chi connectivity index (χ1n) is 5.20. The molecule has 0 spiro atoms. The number of nitrogens with zero attached hydrogens (tertiary/aromatic N) is 1. The van der Waals surface area contributed by atoms with Crippen LogP contribution < -0.4 is 0 Å². The van der Waals surface area contributed by atoms with E-state index in [0.29, 0.717) is 5.91 Å². The van der Waals surface area contributed by atoms with Gasteiger partial charge in [0.15, 0.2) is 0 Å². The van der Waals surface area contributed by atoms with Gasteiger partial charge in [0.05, 0.1) is 12.0 Å². The molecule has 76 valence electrons. The number of amides is 1. The summed E-state index contributed by atoms with van der Waals surface area (Å²) in [6, 6.07) is 0. The van der Waals surface area contributed by atoms with Crippen LogP contribution in [-0.4, -0.2) is 21.9 Å². The van der Waals surface area contributed by atoms with E-state index in [1.807, 2.05) is 0 Å². The number of β-lactam (4-membered cyclic amide) rings is 1. The topological polar surface area (TPSA) is 20.3 Å². The van der Waals surface area contributed by atoms with Crippen LogP contribution in [-0.2, 0) is 4.79 Å². The highest BCUT2D eigenvalue weighted by atomic mass is 16.2. The molecule has 13 heavy (non-hydrogen) atoms. The molecule has 0 bridgehead atoms. The van der Waals surface area contributed by atoms with Crippen LogP contribution in [0.15, 0.2) is 0 Å². The Morgan fingerprint density at radius 1 is 1.31 bits per heavy atom. The fourth-order valence-corrected chi connectivity index (χ4v) is 2.51. The number of rotatable bonds is 2. The maximum atomic E-state index is 11.5. The summed E-state index contributed by atoms with van der Waals surface area (Å²) >= 11 is 0. The molecule has 1 aliphatic rings. The quantitative estimate of drug-likeness (QED) is 0.602. The van der Waals surface area contributed by atoms with Gasteiger partial charge in [0.1, 0.15) is 0 Å². The molecule has 1 fully saturated rings. The number of carbonyl (C=O) groups excluding carboxylic acids is 1. The standard InChI is InChI=1S/C11H21NO/c1-6-11(7-2)8-9(13)12(11)10(3,4)5/h6-8H2,1-5H3. The van der Waals surface area contributed by atoms with Gasteiger partial charge in [-0.1, -0.05) is 13.8 Å². The Kier molecular flexibility index (Phi) is 2.44. The van der Waals surface area contributed by atoms with Crippen molar-refractivity contribution in [2.24, 2.45) is 0 Å². The molecule has 1 rings (SSSR count). The fourth-order valence-electron chi connectivity index (χ4n) is 2.51. The van der Waals surface area contributed by atoms with Gasteiger partial charge >= 0.3 is 0 Å². The van der Waals surface area contributed by atoms with E-state index >= 15 is 0 Å².